The quantitative estimate of drug-likeness (QED) is 0.184. The van der Waals surface area contributed by atoms with Crippen molar-refractivity contribution in [2.75, 3.05) is 0 Å². The van der Waals surface area contributed by atoms with E-state index in [2.05, 4.69) is 143 Å². The van der Waals surface area contributed by atoms with Crippen molar-refractivity contribution in [1.29, 1.82) is 5.26 Å². The minimum atomic E-state index is 0.612. The van der Waals surface area contributed by atoms with Gasteiger partial charge in [-0.15, -0.1) is 0 Å². The van der Waals surface area contributed by atoms with Crippen LogP contribution in [0.1, 0.15) is 5.56 Å². The first-order valence-electron chi connectivity index (χ1n) is 17.3. The molecule has 10 rings (SSSR count). The lowest BCUT2D eigenvalue weighted by molar-refractivity contribution is 1.14. The molecule has 3 heterocycles. The lowest BCUT2D eigenvalue weighted by Crippen LogP contribution is -2.00. The van der Waals surface area contributed by atoms with Gasteiger partial charge in [0, 0.05) is 49.6 Å². The molecule has 52 heavy (non-hydrogen) atoms. The Balaban J connectivity index is 1.25. The second kappa shape index (κ2) is 11.9. The Morgan fingerprint density at radius 3 is 1.52 bits per heavy atom. The van der Waals surface area contributed by atoms with Gasteiger partial charge in [-0.2, -0.15) is 5.26 Å². The maximum atomic E-state index is 9.41. The van der Waals surface area contributed by atoms with E-state index in [4.69, 9.17) is 9.97 Å². The molecule has 3 aromatic heterocycles. The lowest BCUT2D eigenvalue weighted by atomic mass is 10.1. The molecular formula is C47H29N5. The van der Waals surface area contributed by atoms with E-state index in [-0.39, 0.29) is 0 Å². The van der Waals surface area contributed by atoms with Crippen LogP contribution in [0, 0.1) is 11.3 Å². The van der Waals surface area contributed by atoms with Crippen LogP contribution in [0.5, 0.6) is 0 Å². The molecule has 7 aromatic carbocycles. The smallest absolute Gasteiger partial charge is 0.160 e. The normalized spacial score (nSPS) is 11.4. The van der Waals surface area contributed by atoms with Gasteiger partial charge in [-0.05, 0) is 54.6 Å². The molecule has 242 valence electrons. The zero-order chi connectivity index (χ0) is 34.6. The maximum Gasteiger partial charge on any atom is 0.160 e. The molecule has 0 fully saturated rings. The van der Waals surface area contributed by atoms with Crippen LogP contribution in [0.2, 0.25) is 0 Å². The summed E-state index contributed by atoms with van der Waals surface area (Å²) in [6.07, 6.45) is 0. The summed E-state index contributed by atoms with van der Waals surface area (Å²) in [6, 6.07) is 63.1. The van der Waals surface area contributed by atoms with E-state index < -0.39 is 0 Å². The number of para-hydroxylation sites is 3. The Morgan fingerprint density at radius 1 is 0.404 bits per heavy atom. The van der Waals surface area contributed by atoms with Crippen molar-refractivity contribution < 1.29 is 0 Å². The SMILES string of the molecule is N#Cc1ccc(-c2cc(-c3ccccc3)nc(-c3cccc(-n4c5ccccc5c5ccc6c7ccccc7n(-c7ccccc7)c6c54)c3)n2)cc1. The van der Waals surface area contributed by atoms with E-state index in [1.807, 2.05) is 48.5 Å². The Labute approximate surface area is 299 Å². The van der Waals surface area contributed by atoms with Crippen molar-refractivity contribution in [2.24, 2.45) is 0 Å². The second-order valence-electron chi connectivity index (χ2n) is 13.0. The summed E-state index contributed by atoms with van der Waals surface area (Å²) in [5.74, 6) is 0.631. The van der Waals surface area contributed by atoms with Crippen LogP contribution in [0.15, 0.2) is 176 Å². The number of benzene rings is 7. The van der Waals surface area contributed by atoms with Crippen molar-refractivity contribution in [3.8, 4) is 51.3 Å². The van der Waals surface area contributed by atoms with Crippen molar-refractivity contribution in [1.82, 2.24) is 19.1 Å². The number of aromatic nitrogens is 4. The average Bonchev–Trinajstić information content (AvgIpc) is 3.75. The second-order valence-corrected chi connectivity index (χ2v) is 13.0. The molecule has 5 heteroatoms. The minimum Gasteiger partial charge on any atom is -0.307 e. The van der Waals surface area contributed by atoms with Crippen LogP contribution in [0.25, 0.3) is 88.9 Å². The molecule has 0 spiro atoms. The van der Waals surface area contributed by atoms with Crippen molar-refractivity contribution in [3.63, 3.8) is 0 Å². The number of rotatable bonds is 5. The van der Waals surface area contributed by atoms with Gasteiger partial charge in [0.1, 0.15) is 0 Å². The van der Waals surface area contributed by atoms with E-state index in [1.54, 1.807) is 0 Å². The van der Waals surface area contributed by atoms with Gasteiger partial charge in [0.2, 0.25) is 0 Å². The first-order chi connectivity index (χ1) is 25.7. The fraction of sp³-hybridized carbons (Fsp3) is 0. The maximum absolute atomic E-state index is 9.41. The summed E-state index contributed by atoms with van der Waals surface area (Å²) in [5, 5.41) is 14.2. The standard InChI is InChI=1S/C47H29N5/c48-30-31-22-24-33(25-23-31)42-29-41(32-12-3-1-4-13-32)49-47(50-42)34-14-11-17-36(28-34)52-44-21-10-8-19-38(44)40-27-26-39-37-18-7-9-20-43(37)51(45(39)46(40)52)35-15-5-2-6-16-35/h1-29H. The fourth-order valence-corrected chi connectivity index (χ4v) is 7.59. The highest BCUT2D eigenvalue weighted by Gasteiger charge is 2.21. The minimum absolute atomic E-state index is 0.612. The molecule has 0 radical (unpaired) electrons. The molecule has 0 aliphatic rings. The van der Waals surface area contributed by atoms with Crippen LogP contribution in [-0.4, -0.2) is 19.1 Å². The highest BCUT2D eigenvalue weighted by Crippen LogP contribution is 2.42. The highest BCUT2D eigenvalue weighted by atomic mass is 15.0. The summed E-state index contributed by atoms with van der Waals surface area (Å²) in [4.78, 5) is 10.3. The number of hydrogen-bond acceptors (Lipinski definition) is 3. The van der Waals surface area contributed by atoms with Crippen molar-refractivity contribution in [2.45, 2.75) is 0 Å². The van der Waals surface area contributed by atoms with Gasteiger partial charge in [-0.1, -0.05) is 121 Å². The van der Waals surface area contributed by atoms with Gasteiger partial charge < -0.3 is 9.13 Å². The largest absolute Gasteiger partial charge is 0.307 e. The molecule has 0 atom stereocenters. The van der Waals surface area contributed by atoms with Crippen LogP contribution >= 0.6 is 0 Å². The first-order valence-corrected chi connectivity index (χ1v) is 17.3. The van der Waals surface area contributed by atoms with Crippen molar-refractivity contribution >= 4 is 43.6 Å². The molecule has 0 N–H and O–H groups in total. The molecule has 5 nitrogen and oxygen atoms in total. The molecule has 10 aromatic rings. The molecule has 0 aliphatic heterocycles. The number of hydrogen-bond donors (Lipinski definition) is 0. The molecule has 0 saturated heterocycles. The van der Waals surface area contributed by atoms with Gasteiger partial charge in [0.25, 0.3) is 0 Å². The fourth-order valence-electron chi connectivity index (χ4n) is 7.59. The Kier molecular flexibility index (Phi) is 6.80. The van der Waals surface area contributed by atoms with Crippen LogP contribution in [0.4, 0.5) is 0 Å². The van der Waals surface area contributed by atoms with E-state index in [1.165, 1.54) is 27.1 Å². The molecule has 0 amide bonds. The number of fused-ring (bicyclic) bond motifs is 7. The van der Waals surface area contributed by atoms with Crippen LogP contribution in [0.3, 0.4) is 0 Å². The third-order valence-corrected chi connectivity index (χ3v) is 9.95. The topological polar surface area (TPSA) is 59.4 Å². The molecular weight excluding hydrogens is 635 g/mol. The predicted octanol–water partition coefficient (Wildman–Crippen LogP) is 11.5. The Morgan fingerprint density at radius 2 is 0.904 bits per heavy atom. The number of nitriles is 1. The summed E-state index contributed by atoms with van der Waals surface area (Å²) in [6.45, 7) is 0. The summed E-state index contributed by atoms with van der Waals surface area (Å²) in [7, 11) is 0. The third kappa shape index (κ3) is 4.70. The number of nitrogens with zero attached hydrogens (tertiary/aromatic N) is 5. The van der Waals surface area contributed by atoms with E-state index in [0.717, 1.165) is 56.0 Å². The van der Waals surface area contributed by atoms with Crippen molar-refractivity contribution in [3.05, 3.63) is 181 Å². The zero-order valence-corrected chi connectivity index (χ0v) is 28.0. The first kappa shape index (κ1) is 29.6. The summed E-state index contributed by atoms with van der Waals surface area (Å²) >= 11 is 0. The van der Waals surface area contributed by atoms with E-state index in [9.17, 15) is 5.26 Å². The molecule has 0 aliphatic carbocycles. The third-order valence-electron chi connectivity index (χ3n) is 9.95. The van der Waals surface area contributed by atoms with Gasteiger partial charge in [0.15, 0.2) is 5.82 Å². The Bertz CT molecular complexity index is 3000. The lowest BCUT2D eigenvalue weighted by Gasteiger charge is -2.14. The monoisotopic (exact) mass is 663 g/mol. The van der Waals surface area contributed by atoms with E-state index in [0.29, 0.717) is 11.4 Å². The zero-order valence-electron chi connectivity index (χ0n) is 28.0. The van der Waals surface area contributed by atoms with Gasteiger partial charge in [0.05, 0.1) is 45.1 Å². The molecule has 0 bridgehead atoms. The van der Waals surface area contributed by atoms with Gasteiger partial charge in [-0.25, -0.2) is 9.97 Å². The Hall–Kier alpha value is -7.29. The summed E-state index contributed by atoms with van der Waals surface area (Å²) in [5.41, 5.74) is 11.8. The average molecular weight is 664 g/mol. The summed E-state index contributed by atoms with van der Waals surface area (Å²) < 4.78 is 4.81. The van der Waals surface area contributed by atoms with Crippen LogP contribution < -0.4 is 0 Å². The van der Waals surface area contributed by atoms with Gasteiger partial charge >= 0.3 is 0 Å². The molecule has 0 saturated carbocycles. The predicted molar refractivity (Wildman–Crippen MR) is 212 cm³/mol. The highest BCUT2D eigenvalue weighted by molar-refractivity contribution is 6.23. The van der Waals surface area contributed by atoms with Gasteiger partial charge in [-0.3, -0.25) is 0 Å². The van der Waals surface area contributed by atoms with Crippen LogP contribution in [-0.2, 0) is 0 Å². The van der Waals surface area contributed by atoms with E-state index >= 15 is 0 Å². The molecule has 0 unspecified atom stereocenters.